The molecule has 0 saturated carbocycles. The van der Waals surface area contributed by atoms with Gasteiger partial charge in [-0.3, -0.25) is 10.1 Å². The maximum Gasteiger partial charge on any atom is 0.267 e. The van der Waals surface area contributed by atoms with E-state index in [1.54, 1.807) is 11.8 Å². The molecule has 0 aliphatic carbocycles. The molecule has 0 unspecified atom stereocenters. The molecule has 90 valence electrons. The van der Waals surface area contributed by atoms with Crippen LogP contribution in [0.1, 0.15) is 21.5 Å². The van der Waals surface area contributed by atoms with Crippen LogP contribution in [0.5, 0.6) is 0 Å². The number of hydrogen-bond acceptors (Lipinski definition) is 6. The van der Waals surface area contributed by atoms with Crippen LogP contribution in [0, 0.1) is 6.92 Å². The van der Waals surface area contributed by atoms with Gasteiger partial charge in [0.15, 0.2) is 4.34 Å². The average molecular weight is 285 g/mol. The van der Waals surface area contributed by atoms with Gasteiger partial charge < -0.3 is 0 Å². The number of amides is 1. The summed E-state index contributed by atoms with van der Waals surface area (Å²) in [5.74, 6) is 0.833. The monoisotopic (exact) mass is 285 g/mol. The standard InChI is InChI=1S/C10H11N3OS3/c1-3-15-10-13-12-9(17-10)11-8(14)7-5-4-6(2)16-7/h4-5H,3H2,1-2H3,(H,11,12,14). The summed E-state index contributed by atoms with van der Waals surface area (Å²) in [5.41, 5.74) is 0. The minimum Gasteiger partial charge on any atom is -0.296 e. The molecule has 1 N–H and O–H groups in total. The zero-order valence-corrected chi connectivity index (χ0v) is 11.8. The first-order valence-corrected chi connectivity index (χ1v) is 7.65. The van der Waals surface area contributed by atoms with Crippen molar-refractivity contribution in [3.63, 3.8) is 0 Å². The Morgan fingerprint density at radius 2 is 2.24 bits per heavy atom. The summed E-state index contributed by atoms with van der Waals surface area (Å²) in [6.07, 6.45) is 0. The van der Waals surface area contributed by atoms with E-state index in [4.69, 9.17) is 0 Å². The summed E-state index contributed by atoms with van der Waals surface area (Å²) in [5, 5.41) is 11.2. The molecule has 7 heteroatoms. The molecule has 0 spiro atoms. The van der Waals surface area contributed by atoms with Crippen molar-refractivity contribution in [3.05, 3.63) is 21.9 Å². The Morgan fingerprint density at radius 3 is 2.88 bits per heavy atom. The van der Waals surface area contributed by atoms with E-state index >= 15 is 0 Å². The Morgan fingerprint density at radius 1 is 1.41 bits per heavy atom. The molecule has 0 atom stereocenters. The smallest absolute Gasteiger partial charge is 0.267 e. The molecular weight excluding hydrogens is 274 g/mol. The van der Waals surface area contributed by atoms with E-state index in [2.05, 4.69) is 22.4 Å². The number of carbonyl (C=O) groups is 1. The van der Waals surface area contributed by atoms with E-state index in [1.165, 1.54) is 22.7 Å². The summed E-state index contributed by atoms with van der Waals surface area (Å²) in [6.45, 7) is 4.03. The van der Waals surface area contributed by atoms with Gasteiger partial charge >= 0.3 is 0 Å². The van der Waals surface area contributed by atoms with E-state index in [-0.39, 0.29) is 5.91 Å². The summed E-state index contributed by atoms with van der Waals surface area (Å²) < 4.78 is 0.880. The summed E-state index contributed by atoms with van der Waals surface area (Å²) in [6, 6.07) is 3.75. The van der Waals surface area contributed by atoms with Gasteiger partial charge in [0.05, 0.1) is 4.88 Å². The number of aryl methyl sites for hydroxylation is 1. The van der Waals surface area contributed by atoms with E-state index in [1.807, 2.05) is 19.1 Å². The van der Waals surface area contributed by atoms with Crippen molar-refractivity contribution >= 4 is 45.5 Å². The molecule has 17 heavy (non-hydrogen) atoms. The van der Waals surface area contributed by atoms with Crippen LogP contribution in [0.4, 0.5) is 5.13 Å². The number of anilines is 1. The van der Waals surface area contributed by atoms with Crippen LogP contribution in [-0.4, -0.2) is 21.9 Å². The molecule has 4 nitrogen and oxygen atoms in total. The molecule has 2 aromatic rings. The zero-order valence-electron chi connectivity index (χ0n) is 9.39. The SMILES string of the molecule is CCSc1nnc(NC(=O)c2ccc(C)s2)s1. The number of nitrogens with zero attached hydrogens (tertiary/aromatic N) is 2. The topological polar surface area (TPSA) is 54.9 Å². The van der Waals surface area contributed by atoms with Crippen LogP contribution in [-0.2, 0) is 0 Å². The highest BCUT2D eigenvalue weighted by Gasteiger charge is 2.11. The Hall–Kier alpha value is -0.920. The van der Waals surface area contributed by atoms with E-state index < -0.39 is 0 Å². The molecule has 0 saturated heterocycles. The van der Waals surface area contributed by atoms with Gasteiger partial charge in [0.25, 0.3) is 5.91 Å². The van der Waals surface area contributed by atoms with Crippen LogP contribution in [0.3, 0.4) is 0 Å². The average Bonchev–Trinajstić information content (AvgIpc) is 2.88. The lowest BCUT2D eigenvalue weighted by molar-refractivity contribution is 0.103. The van der Waals surface area contributed by atoms with E-state index in [0.717, 1.165) is 15.0 Å². The molecule has 0 radical (unpaired) electrons. The second-order valence-corrected chi connectivity index (χ2v) is 6.95. The molecule has 2 rings (SSSR count). The van der Waals surface area contributed by atoms with Crippen LogP contribution in [0.15, 0.2) is 16.5 Å². The first-order chi connectivity index (χ1) is 8.19. The van der Waals surface area contributed by atoms with Gasteiger partial charge in [-0.1, -0.05) is 30.0 Å². The number of carbonyl (C=O) groups excluding carboxylic acids is 1. The minimum absolute atomic E-state index is 0.118. The van der Waals surface area contributed by atoms with Gasteiger partial charge in [-0.15, -0.1) is 21.5 Å². The van der Waals surface area contributed by atoms with Crippen molar-refractivity contribution in [2.45, 2.75) is 18.2 Å². The van der Waals surface area contributed by atoms with Crippen molar-refractivity contribution in [2.75, 3.05) is 11.1 Å². The fourth-order valence-electron chi connectivity index (χ4n) is 1.16. The van der Waals surface area contributed by atoms with Crippen molar-refractivity contribution in [2.24, 2.45) is 0 Å². The number of thiophene rings is 1. The normalized spacial score (nSPS) is 10.5. The Labute approximate surface area is 111 Å². The molecule has 0 bridgehead atoms. The van der Waals surface area contributed by atoms with Crippen molar-refractivity contribution in [3.8, 4) is 0 Å². The number of thioether (sulfide) groups is 1. The molecule has 2 aromatic heterocycles. The molecule has 0 aliphatic rings. The number of nitrogens with one attached hydrogen (secondary N) is 1. The van der Waals surface area contributed by atoms with Gasteiger partial charge in [-0.05, 0) is 24.8 Å². The highest BCUT2D eigenvalue weighted by atomic mass is 32.2. The molecule has 2 heterocycles. The Kier molecular flexibility index (Phi) is 4.14. The van der Waals surface area contributed by atoms with Crippen molar-refractivity contribution in [1.82, 2.24) is 10.2 Å². The molecule has 0 aliphatic heterocycles. The van der Waals surface area contributed by atoms with Gasteiger partial charge in [0, 0.05) is 4.88 Å². The van der Waals surface area contributed by atoms with Crippen molar-refractivity contribution < 1.29 is 4.79 Å². The third-order valence-electron chi connectivity index (χ3n) is 1.86. The lowest BCUT2D eigenvalue weighted by atomic mass is 10.4. The number of hydrogen-bond donors (Lipinski definition) is 1. The second-order valence-electron chi connectivity index (χ2n) is 3.17. The number of rotatable bonds is 4. The van der Waals surface area contributed by atoms with Gasteiger partial charge in [-0.2, -0.15) is 0 Å². The Bertz CT molecular complexity index is 520. The highest BCUT2D eigenvalue weighted by molar-refractivity contribution is 8.01. The summed E-state index contributed by atoms with van der Waals surface area (Å²) in [4.78, 5) is 13.6. The third kappa shape index (κ3) is 3.27. The minimum atomic E-state index is -0.118. The summed E-state index contributed by atoms with van der Waals surface area (Å²) >= 11 is 4.49. The quantitative estimate of drug-likeness (QED) is 0.692. The lowest BCUT2D eigenvalue weighted by Gasteiger charge is -1.96. The third-order valence-corrected chi connectivity index (χ3v) is 4.71. The predicted molar refractivity (Wildman–Crippen MR) is 73.3 cm³/mol. The Balaban J connectivity index is 2.02. The maximum absolute atomic E-state index is 11.8. The molecular formula is C10H11N3OS3. The van der Waals surface area contributed by atoms with Crippen LogP contribution in [0.25, 0.3) is 0 Å². The predicted octanol–water partition coefficient (Wildman–Crippen LogP) is 3.27. The highest BCUT2D eigenvalue weighted by Crippen LogP contribution is 2.25. The van der Waals surface area contributed by atoms with E-state index in [9.17, 15) is 4.79 Å². The van der Waals surface area contributed by atoms with Crippen LogP contribution in [0.2, 0.25) is 0 Å². The van der Waals surface area contributed by atoms with Gasteiger partial charge in [-0.25, -0.2) is 0 Å². The maximum atomic E-state index is 11.8. The van der Waals surface area contributed by atoms with E-state index in [0.29, 0.717) is 10.0 Å². The lowest BCUT2D eigenvalue weighted by Crippen LogP contribution is -2.09. The fraction of sp³-hybridized carbons (Fsp3) is 0.300. The first kappa shape index (κ1) is 12.5. The van der Waals surface area contributed by atoms with Gasteiger partial charge in [0.1, 0.15) is 0 Å². The second kappa shape index (κ2) is 5.61. The first-order valence-electron chi connectivity index (χ1n) is 5.03. The summed E-state index contributed by atoms with van der Waals surface area (Å²) in [7, 11) is 0. The molecule has 1 amide bonds. The molecule has 0 fully saturated rings. The number of aromatic nitrogens is 2. The molecule has 0 aromatic carbocycles. The van der Waals surface area contributed by atoms with Crippen LogP contribution < -0.4 is 5.32 Å². The fourth-order valence-corrected chi connectivity index (χ4v) is 3.56. The zero-order chi connectivity index (χ0) is 12.3. The van der Waals surface area contributed by atoms with Gasteiger partial charge in [0.2, 0.25) is 5.13 Å². The van der Waals surface area contributed by atoms with Crippen molar-refractivity contribution in [1.29, 1.82) is 0 Å². The largest absolute Gasteiger partial charge is 0.296 e. The van der Waals surface area contributed by atoms with Crippen LogP contribution >= 0.6 is 34.4 Å².